The molecule has 1 aromatic heterocycles. The molecular weight excluding hydrogens is 372 g/mol. The molecule has 0 unspecified atom stereocenters. The van der Waals surface area contributed by atoms with E-state index in [9.17, 15) is 13.2 Å². The molecule has 0 saturated heterocycles. The van der Waals surface area contributed by atoms with Crippen LogP contribution in [0.2, 0.25) is 0 Å². The second-order valence-electron chi connectivity index (χ2n) is 5.58. The third-order valence-electron chi connectivity index (χ3n) is 3.91. The molecule has 0 amide bonds. The van der Waals surface area contributed by atoms with Crippen molar-refractivity contribution in [3.8, 4) is 0 Å². The van der Waals surface area contributed by atoms with Gasteiger partial charge in [0.2, 0.25) is 4.80 Å². The Morgan fingerprint density at radius 2 is 1.92 bits per heavy atom. The molecule has 8 heteroatoms. The lowest BCUT2D eigenvalue weighted by Crippen LogP contribution is -2.22. The smallest absolute Gasteiger partial charge is 0.325 e. The number of thiazole rings is 1. The number of ether oxygens (including phenoxy) is 1. The summed E-state index contributed by atoms with van der Waals surface area (Å²) in [7, 11) is -2.58. The van der Waals surface area contributed by atoms with Gasteiger partial charge in [0.1, 0.15) is 6.54 Å². The van der Waals surface area contributed by atoms with Crippen molar-refractivity contribution in [3.05, 3.63) is 58.9 Å². The lowest BCUT2D eigenvalue weighted by molar-refractivity contribution is -0.141. The molecule has 0 spiro atoms. The summed E-state index contributed by atoms with van der Waals surface area (Å²) < 4.78 is 36.4. The van der Waals surface area contributed by atoms with E-state index in [1.807, 2.05) is 25.1 Å². The summed E-state index contributed by atoms with van der Waals surface area (Å²) in [5.41, 5.74) is 1.88. The van der Waals surface area contributed by atoms with Crippen molar-refractivity contribution >= 4 is 37.5 Å². The maximum atomic E-state index is 12.6. The number of hydrogen-bond donors (Lipinski definition) is 0. The van der Waals surface area contributed by atoms with Crippen LogP contribution in [-0.2, 0) is 32.5 Å². The number of carbonyl (C=O) groups is 1. The van der Waals surface area contributed by atoms with Crippen molar-refractivity contribution in [2.75, 3.05) is 7.11 Å². The molecule has 6 nitrogen and oxygen atoms in total. The van der Waals surface area contributed by atoms with Gasteiger partial charge in [-0.1, -0.05) is 42.5 Å². The SMILES string of the molecule is CCc1ccc2c(c1)s/c(=N\S(=O)(=O)c1ccccc1)n2CC(=O)OC. The van der Waals surface area contributed by atoms with Crippen LogP contribution in [0.4, 0.5) is 0 Å². The van der Waals surface area contributed by atoms with Crippen molar-refractivity contribution in [3.63, 3.8) is 0 Å². The Labute approximate surface area is 155 Å². The summed E-state index contributed by atoms with van der Waals surface area (Å²) in [5.74, 6) is -0.470. The highest BCUT2D eigenvalue weighted by Crippen LogP contribution is 2.20. The van der Waals surface area contributed by atoms with E-state index in [-0.39, 0.29) is 16.2 Å². The van der Waals surface area contributed by atoms with E-state index in [1.54, 1.807) is 22.8 Å². The van der Waals surface area contributed by atoms with Gasteiger partial charge in [-0.2, -0.15) is 8.42 Å². The highest BCUT2D eigenvalue weighted by molar-refractivity contribution is 7.90. The molecule has 1 heterocycles. The highest BCUT2D eigenvalue weighted by Gasteiger charge is 2.16. The number of sulfonamides is 1. The fourth-order valence-corrected chi connectivity index (χ4v) is 4.82. The lowest BCUT2D eigenvalue weighted by atomic mass is 10.2. The minimum atomic E-state index is -3.88. The van der Waals surface area contributed by atoms with Crippen LogP contribution < -0.4 is 4.80 Å². The van der Waals surface area contributed by atoms with Gasteiger partial charge >= 0.3 is 5.97 Å². The first-order chi connectivity index (χ1) is 12.4. The third-order valence-corrected chi connectivity index (χ3v) is 6.35. The number of carbonyl (C=O) groups excluding carboxylic acids is 1. The van der Waals surface area contributed by atoms with E-state index >= 15 is 0 Å². The molecule has 0 fully saturated rings. The molecule has 2 aromatic carbocycles. The first kappa shape index (κ1) is 18.3. The Balaban J connectivity index is 2.23. The first-order valence-corrected chi connectivity index (χ1v) is 10.3. The van der Waals surface area contributed by atoms with Crippen molar-refractivity contribution in [1.29, 1.82) is 0 Å². The average molecular weight is 390 g/mol. The summed E-state index contributed by atoms with van der Waals surface area (Å²) in [6.07, 6.45) is 0.861. The van der Waals surface area contributed by atoms with Crippen molar-refractivity contribution in [2.45, 2.75) is 24.8 Å². The van der Waals surface area contributed by atoms with Gasteiger partial charge in [-0.15, -0.1) is 4.40 Å². The maximum absolute atomic E-state index is 12.6. The average Bonchev–Trinajstić information content (AvgIpc) is 2.97. The third kappa shape index (κ3) is 3.71. The number of fused-ring (bicyclic) bond motifs is 1. The predicted octanol–water partition coefficient (Wildman–Crippen LogP) is 2.73. The van der Waals surface area contributed by atoms with Gasteiger partial charge in [0, 0.05) is 0 Å². The molecule has 0 atom stereocenters. The van der Waals surface area contributed by atoms with Crippen LogP contribution >= 0.6 is 11.3 Å². The van der Waals surface area contributed by atoms with E-state index in [4.69, 9.17) is 4.74 Å². The minimum absolute atomic E-state index is 0.106. The highest BCUT2D eigenvalue weighted by atomic mass is 32.2. The van der Waals surface area contributed by atoms with E-state index in [0.29, 0.717) is 0 Å². The van der Waals surface area contributed by atoms with Crippen LogP contribution in [0.15, 0.2) is 57.8 Å². The molecule has 26 heavy (non-hydrogen) atoms. The van der Waals surface area contributed by atoms with Gasteiger partial charge in [0.15, 0.2) is 0 Å². The summed E-state index contributed by atoms with van der Waals surface area (Å²) >= 11 is 1.24. The summed E-state index contributed by atoms with van der Waals surface area (Å²) in [6, 6.07) is 13.8. The monoisotopic (exact) mass is 390 g/mol. The van der Waals surface area contributed by atoms with Crippen LogP contribution in [0.3, 0.4) is 0 Å². The number of rotatable bonds is 5. The van der Waals surface area contributed by atoms with Gasteiger partial charge in [-0.05, 0) is 36.2 Å². The molecule has 0 aliphatic heterocycles. The number of esters is 1. The topological polar surface area (TPSA) is 77.7 Å². The van der Waals surface area contributed by atoms with Gasteiger partial charge in [-0.25, -0.2) is 0 Å². The molecule has 3 rings (SSSR count). The van der Waals surface area contributed by atoms with Crippen LogP contribution in [0.5, 0.6) is 0 Å². The molecule has 136 valence electrons. The maximum Gasteiger partial charge on any atom is 0.325 e. The van der Waals surface area contributed by atoms with Crippen LogP contribution in [0.1, 0.15) is 12.5 Å². The summed E-state index contributed by atoms with van der Waals surface area (Å²) in [4.78, 5) is 12.2. The second kappa shape index (κ2) is 7.43. The van der Waals surface area contributed by atoms with Gasteiger partial charge in [-0.3, -0.25) is 4.79 Å². The number of hydrogen-bond acceptors (Lipinski definition) is 5. The zero-order chi connectivity index (χ0) is 18.7. The molecule has 3 aromatic rings. The molecule has 0 saturated carbocycles. The van der Waals surface area contributed by atoms with Crippen molar-refractivity contribution < 1.29 is 17.9 Å². The Morgan fingerprint density at radius 3 is 2.58 bits per heavy atom. The summed E-state index contributed by atoms with van der Waals surface area (Å²) in [6.45, 7) is 1.94. The van der Waals surface area contributed by atoms with Crippen LogP contribution in [0, 0.1) is 0 Å². The molecule has 0 bridgehead atoms. The molecule has 0 radical (unpaired) electrons. The van der Waals surface area contributed by atoms with Gasteiger partial charge in [0.05, 0.1) is 22.2 Å². The Kier molecular flexibility index (Phi) is 5.24. The number of nitrogens with zero attached hydrogens (tertiary/aromatic N) is 2. The number of aryl methyl sites for hydroxylation is 1. The standard InChI is InChI=1S/C18H18N2O4S2/c1-3-13-9-10-15-16(11-13)25-18(20(15)12-17(21)24-2)19-26(22,23)14-7-5-4-6-8-14/h4-11H,3,12H2,1-2H3/b19-18-. The predicted molar refractivity (Wildman–Crippen MR) is 100 cm³/mol. The van der Waals surface area contributed by atoms with E-state index in [2.05, 4.69) is 4.40 Å². The molecule has 0 aliphatic carbocycles. The zero-order valence-electron chi connectivity index (χ0n) is 14.4. The number of aromatic nitrogens is 1. The number of methoxy groups -OCH3 is 1. The van der Waals surface area contributed by atoms with Crippen molar-refractivity contribution in [2.24, 2.45) is 4.40 Å². The Hall–Kier alpha value is -2.45. The second-order valence-corrected chi connectivity index (χ2v) is 8.20. The van der Waals surface area contributed by atoms with E-state index in [1.165, 1.54) is 30.6 Å². The van der Waals surface area contributed by atoms with Crippen LogP contribution in [-0.4, -0.2) is 26.1 Å². The minimum Gasteiger partial charge on any atom is -0.468 e. The van der Waals surface area contributed by atoms with Crippen LogP contribution in [0.25, 0.3) is 10.2 Å². The fraction of sp³-hybridized carbons (Fsp3) is 0.222. The van der Waals surface area contributed by atoms with Gasteiger partial charge < -0.3 is 9.30 Å². The Bertz CT molecular complexity index is 1110. The molecule has 0 N–H and O–H groups in total. The first-order valence-electron chi connectivity index (χ1n) is 7.99. The van der Waals surface area contributed by atoms with Crippen molar-refractivity contribution in [1.82, 2.24) is 4.57 Å². The Morgan fingerprint density at radius 1 is 1.19 bits per heavy atom. The summed E-state index contributed by atoms with van der Waals surface area (Å²) in [5, 5.41) is 0. The lowest BCUT2D eigenvalue weighted by Gasteiger charge is -2.04. The number of benzene rings is 2. The molecular formula is C18H18N2O4S2. The quantitative estimate of drug-likeness (QED) is 0.628. The largest absolute Gasteiger partial charge is 0.468 e. The van der Waals surface area contributed by atoms with E-state index < -0.39 is 16.0 Å². The van der Waals surface area contributed by atoms with E-state index in [0.717, 1.165) is 22.2 Å². The normalized spacial score (nSPS) is 12.5. The fourth-order valence-electron chi connectivity index (χ4n) is 2.50. The van der Waals surface area contributed by atoms with Gasteiger partial charge in [0.25, 0.3) is 10.0 Å². The zero-order valence-corrected chi connectivity index (χ0v) is 16.0. The molecule has 0 aliphatic rings.